The molecule has 1 N–H and O–H groups in total. The first-order valence-corrected chi connectivity index (χ1v) is 5.99. The number of nitrogens with zero attached hydrogens (tertiary/aromatic N) is 2. The van der Waals surface area contributed by atoms with Crippen molar-refractivity contribution in [3.05, 3.63) is 29.8 Å². The van der Waals surface area contributed by atoms with Gasteiger partial charge in [0.05, 0.1) is 12.0 Å². The zero-order chi connectivity index (χ0) is 10.8. The summed E-state index contributed by atoms with van der Waals surface area (Å²) >= 11 is 0. The van der Waals surface area contributed by atoms with E-state index in [-0.39, 0.29) is 0 Å². The predicted molar refractivity (Wildman–Crippen MR) is 66.0 cm³/mol. The van der Waals surface area contributed by atoms with Crippen LogP contribution in [0.1, 0.15) is 12.0 Å². The minimum absolute atomic E-state index is 0.789. The molecule has 0 aromatic heterocycles. The number of fused-ring (bicyclic) bond motifs is 1. The Morgan fingerprint density at radius 1 is 1.38 bits per heavy atom. The summed E-state index contributed by atoms with van der Waals surface area (Å²) in [5, 5.41) is 3.41. The van der Waals surface area contributed by atoms with E-state index in [0.717, 1.165) is 31.2 Å². The molecule has 16 heavy (non-hydrogen) atoms. The molecule has 0 radical (unpaired) electrons. The van der Waals surface area contributed by atoms with Crippen LogP contribution in [0.2, 0.25) is 0 Å². The maximum Gasteiger partial charge on any atom is 0.0915 e. The van der Waals surface area contributed by atoms with Gasteiger partial charge in [-0.2, -0.15) is 0 Å². The standard InChI is InChI=1S/C13H17N3/c1-2-4-13-12(3-1)9-16(10-15-13)8-11-5-6-14-7-11/h1-4,10-11,14H,5-9H2. The molecule has 2 aliphatic heterocycles. The molecule has 84 valence electrons. The smallest absolute Gasteiger partial charge is 0.0915 e. The number of hydrogen-bond acceptors (Lipinski definition) is 3. The summed E-state index contributed by atoms with van der Waals surface area (Å²) in [5.74, 6) is 0.789. The molecule has 0 bridgehead atoms. The highest BCUT2D eigenvalue weighted by atomic mass is 15.2. The molecule has 0 saturated carbocycles. The van der Waals surface area contributed by atoms with Gasteiger partial charge in [-0.1, -0.05) is 18.2 Å². The largest absolute Gasteiger partial charge is 0.358 e. The Bertz CT molecular complexity index is 394. The summed E-state index contributed by atoms with van der Waals surface area (Å²) in [5.41, 5.74) is 2.47. The fourth-order valence-corrected chi connectivity index (χ4v) is 2.49. The number of para-hydroxylation sites is 1. The average Bonchev–Trinajstić information content (AvgIpc) is 2.82. The molecule has 0 spiro atoms. The third-order valence-corrected chi connectivity index (χ3v) is 3.38. The average molecular weight is 215 g/mol. The van der Waals surface area contributed by atoms with Crippen LogP contribution in [0, 0.1) is 5.92 Å². The van der Waals surface area contributed by atoms with E-state index in [2.05, 4.69) is 33.4 Å². The lowest BCUT2D eigenvalue weighted by molar-refractivity contribution is 0.350. The highest BCUT2D eigenvalue weighted by Gasteiger charge is 2.19. The van der Waals surface area contributed by atoms with Gasteiger partial charge in [-0.15, -0.1) is 0 Å². The predicted octanol–water partition coefficient (Wildman–Crippen LogP) is 1.77. The first-order valence-electron chi connectivity index (χ1n) is 5.99. The molecule has 2 heterocycles. The van der Waals surface area contributed by atoms with Crippen LogP contribution in [0.25, 0.3) is 0 Å². The van der Waals surface area contributed by atoms with Crippen molar-refractivity contribution in [2.75, 3.05) is 19.6 Å². The van der Waals surface area contributed by atoms with Crippen molar-refractivity contribution in [1.29, 1.82) is 0 Å². The summed E-state index contributed by atoms with van der Waals surface area (Å²) in [7, 11) is 0. The Labute approximate surface area is 96.2 Å². The molecule has 0 aliphatic carbocycles. The summed E-state index contributed by atoms with van der Waals surface area (Å²) in [6.07, 6.45) is 3.30. The summed E-state index contributed by atoms with van der Waals surface area (Å²) in [4.78, 5) is 6.83. The van der Waals surface area contributed by atoms with Crippen molar-refractivity contribution in [2.45, 2.75) is 13.0 Å². The van der Waals surface area contributed by atoms with Gasteiger partial charge in [0.25, 0.3) is 0 Å². The molecule has 1 aromatic carbocycles. The van der Waals surface area contributed by atoms with Gasteiger partial charge < -0.3 is 10.2 Å². The van der Waals surface area contributed by atoms with Gasteiger partial charge in [-0.05, 0) is 37.1 Å². The van der Waals surface area contributed by atoms with Gasteiger partial charge >= 0.3 is 0 Å². The molecule has 1 aromatic rings. The highest BCUT2D eigenvalue weighted by Crippen LogP contribution is 2.24. The van der Waals surface area contributed by atoms with Crippen LogP contribution in [0.15, 0.2) is 29.3 Å². The third-order valence-electron chi connectivity index (χ3n) is 3.38. The Morgan fingerprint density at radius 3 is 3.19 bits per heavy atom. The Hall–Kier alpha value is -1.35. The highest BCUT2D eigenvalue weighted by molar-refractivity contribution is 5.66. The van der Waals surface area contributed by atoms with E-state index in [1.54, 1.807) is 0 Å². The first kappa shape index (κ1) is 9.85. The number of hydrogen-bond donors (Lipinski definition) is 1. The summed E-state index contributed by atoms with van der Waals surface area (Å²) < 4.78 is 0. The number of benzene rings is 1. The Morgan fingerprint density at radius 2 is 2.31 bits per heavy atom. The van der Waals surface area contributed by atoms with Crippen molar-refractivity contribution in [1.82, 2.24) is 10.2 Å². The van der Waals surface area contributed by atoms with E-state index < -0.39 is 0 Å². The molecule has 2 aliphatic rings. The van der Waals surface area contributed by atoms with Crippen LogP contribution in [0.4, 0.5) is 5.69 Å². The SMILES string of the molecule is C1=Nc2ccccc2CN1CC1CCNC1. The molecule has 0 amide bonds. The molecular formula is C13H17N3. The van der Waals surface area contributed by atoms with Crippen molar-refractivity contribution < 1.29 is 0 Å². The van der Waals surface area contributed by atoms with Crippen LogP contribution in [-0.2, 0) is 6.54 Å². The lowest BCUT2D eigenvalue weighted by atomic mass is 10.1. The second kappa shape index (κ2) is 4.26. The van der Waals surface area contributed by atoms with Gasteiger partial charge in [0.2, 0.25) is 0 Å². The van der Waals surface area contributed by atoms with Gasteiger partial charge in [0.15, 0.2) is 0 Å². The normalized spacial score (nSPS) is 23.5. The Kier molecular flexibility index (Phi) is 2.62. The second-order valence-corrected chi connectivity index (χ2v) is 4.66. The molecule has 3 rings (SSSR count). The van der Waals surface area contributed by atoms with E-state index in [9.17, 15) is 0 Å². The molecular weight excluding hydrogens is 198 g/mol. The number of nitrogens with one attached hydrogen (secondary N) is 1. The van der Waals surface area contributed by atoms with E-state index in [4.69, 9.17) is 0 Å². The monoisotopic (exact) mass is 215 g/mol. The van der Waals surface area contributed by atoms with E-state index in [1.807, 2.05) is 12.4 Å². The molecule has 3 heteroatoms. The summed E-state index contributed by atoms with van der Waals surface area (Å²) in [6, 6.07) is 8.40. The van der Waals surface area contributed by atoms with Crippen LogP contribution < -0.4 is 5.32 Å². The maximum absolute atomic E-state index is 4.50. The topological polar surface area (TPSA) is 27.6 Å². The quantitative estimate of drug-likeness (QED) is 0.814. The fourth-order valence-electron chi connectivity index (χ4n) is 2.49. The lowest BCUT2D eigenvalue weighted by Gasteiger charge is -2.26. The maximum atomic E-state index is 4.50. The molecule has 3 nitrogen and oxygen atoms in total. The number of rotatable bonds is 2. The van der Waals surface area contributed by atoms with Gasteiger partial charge in [-0.25, -0.2) is 4.99 Å². The van der Waals surface area contributed by atoms with Crippen molar-refractivity contribution in [3.8, 4) is 0 Å². The van der Waals surface area contributed by atoms with Crippen LogP contribution in [0.3, 0.4) is 0 Å². The van der Waals surface area contributed by atoms with Crippen molar-refractivity contribution in [3.63, 3.8) is 0 Å². The molecule has 1 unspecified atom stereocenters. The van der Waals surface area contributed by atoms with E-state index in [1.165, 1.54) is 18.5 Å². The Balaban J connectivity index is 1.68. The minimum Gasteiger partial charge on any atom is -0.358 e. The van der Waals surface area contributed by atoms with Crippen molar-refractivity contribution in [2.24, 2.45) is 10.9 Å². The van der Waals surface area contributed by atoms with Crippen LogP contribution in [0.5, 0.6) is 0 Å². The first-order chi connectivity index (χ1) is 7.92. The van der Waals surface area contributed by atoms with Gasteiger partial charge in [0.1, 0.15) is 0 Å². The zero-order valence-corrected chi connectivity index (χ0v) is 9.39. The summed E-state index contributed by atoms with van der Waals surface area (Å²) in [6.45, 7) is 4.47. The number of aliphatic imine (C=N–C) groups is 1. The lowest BCUT2D eigenvalue weighted by Crippen LogP contribution is -2.30. The van der Waals surface area contributed by atoms with Crippen LogP contribution >= 0.6 is 0 Å². The van der Waals surface area contributed by atoms with Gasteiger partial charge in [-0.3, -0.25) is 0 Å². The fraction of sp³-hybridized carbons (Fsp3) is 0.462. The molecule has 1 saturated heterocycles. The van der Waals surface area contributed by atoms with Crippen LogP contribution in [-0.4, -0.2) is 30.9 Å². The molecule has 1 atom stereocenters. The van der Waals surface area contributed by atoms with E-state index >= 15 is 0 Å². The van der Waals surface area contributed by atoms with E-state index in [0.29, 0.717) is 0 Å². The van der Waals surface area contributed by atoms with Gasteiger partial charge in [0, 0.05) is 13.1 Å². The zero-order valence-electron chi connectivity index (χ0n) is 9.39. The minimum atomic E-state index is 0.789. The van der Waals surface area contributed by atoms with Crippen molar-refractivity contribution >= 4 is 12.0 Å². The third kappa shape index (κ3) is 1.95. The second-order valence-electron chi connectivity index (χ2n) is 4.66. The molecule has 1 fully saturated rings.